The summed E-state index contributed by atoms with van der Waals surface area (Å²) in [5, 5.41) is 1.10. The number of alkyl halides is 1. The van der Waals surface area contributed by atoms with Crippen molar-refractivity contribution in [3.63, 3.8) is 0 Å². The molecule has 0 aliphatic carbocycles. The van der Waals surface area contributed by atoms with Crippen molar-refractivity contribution in [3.05, 3.63) is 51.9 Å². The smallest absolute Gasteiger partial charge is 0.138 e. The second kappa shape index (κ2) is 6.42. The molecule has 0 N–H and O–H groups in total. The Balaban J connectivity index is 2.28. The van der Waals surface area contributed by atoms with E-state index in [0.29, 0.717) is 11.7 Å². The maximum Gasteiger partial charge on any atom is 0.138 e. The Morgan fingerprint density at radius 1 is 1.16 bits per heavy atom. The van der Waals surface area contributed by atoms with Crippen molar-refractivity contribution >= 4 is 40.6 Å². The van der Waals surface area contributed by atoms with E-state index in [1.807, 2.05) is 36.2 Å². The van der Waals surface area contributed by atoms with Gasteiger partial charge in [-0.1, -0.05) is 41.4 Å². The predicted octanol–water partition coefficient (Wildman–Crippen LogP) is 4.16. The molecule has 100 valence electrons. The van der Waals surface area contributed by atoms with Gasteiger partial charge in [-0.05, 0) is 11.6 Å². The van der Waals surface area contributed by atoms with Crippen LogP contribution in [-0.2, 0) is 12.4 Å². The lowest BCUT2D eigenvalue weighted by Gasteiger charge is -2.21. The number of hydrogen-bond acceptors (Lipinski definition) is 3. The molecule has 0 fully saturated rings. The lowest BCUT2D eigenvalue weighted by atomic mass is 10.2. The molecule has 1 heterocycles. The van der Waals surface area contributed by atoms with Crippen LogP contribution in [0, 0.1) is 0 Å². The Kier molecular flexibility index (Phi) is 4.86. The number of anilines is 1. The van der Waals surface area contributed by atoms with Gasteiger partial charge in [-0.3, -0.25) is 0 Å². The van der Waals surface area contributed by atoms with E-state index in [2.05, 4.69) is 9.97 Å². The molecule has 0 spiro atoms. The number of hydrogen-bond donors (Lipinski definition) is 0. The number of halogens is 3. The minimum atomic E-state index is 0.266. The summed E-state index contributed by atoms with van der Waals surface area (Å²) in [5.41, 5.74) is 1.74. The summed E-state index contributed by atoms with van der Waals surface area (Å²) in [5.74, 6) is 0.983. The van der Waals surface area contributed by atoms with Crippen LogP contribution in [0.2, 0.25) is 10.2 Å². The van der Waals surface area contributed by atoms with Gasteiger partial charge in [0, 0.05) is 24.2 Å². The second-order valence-electron chi connectivity index (χ2n) is 4.05. The summed E-state index contributed by atoms with van der Waals surface area (Å²) >= 11 is 18.1. The zero-order chi connectivity index (χ0) is 13.8. The third kappa shape index (κ3) is 3.30. The highest BCUT2D eigenvalue weighted by molar-refractivity contribution is 6.31. The number of benzene rings is 1. The number of rotatable bonds is 4. The summed E-state index contributed by atoms with van der Waals surface area (Å²) in [6.07, 6.45) is 1.43. The first-order valence-corrected chi connectivity index (χ1v) is 6.92. The molecule has 19 heavy (non-hydrogen) atoms. The van der Waals surface area contributed by atoms with Crippen LogP contribution in [0.3, 0.4) is 0 Å². The van der Waals surface area contributed by atoms with Gasteiger partial charge in [0.1, 0.15) is 17.3 Å². The normalized spacial score (nSPS) is 10.5. The van der Waals surface area contributed by atoms with Gasteiger partial charge in [0.2, 0.25) is 0 Å². The molecule has 1 aromatic carbocycles. The molecule has 0 amide bonds. The van der Waals surface area contributed by atoms with Crippen LogP contribution in [0.1, 0.15) is 11.1 Å². The van der Waals surface area contributed by atoms with Crippen LogP contribution in [0.4, 0.5) is 5.82 Å². The van der Waals surface area contributed by atoms with Gasteiger partial charge >= 0.3 is 0 Å². The average Bonchev–Trinajstić information content (AvgIpc) is 2.41. The van der Waals surface area contributed by atoms with Gasteiger partial charge in [-0.15, -0.1) is 11.6 Å². The van der Waals surface area contributed by atoms with E-state index in [4.69, 9.17) is 34.8 Å². The Labute approximate surface area is 127 Å². The third-order valence-electron chi connectivity index (χ3n) is 2.73. The van der Waals surface area contributed by atoms with Crippen LogP contribution < -0.4 is 4.90 Å². The molecule has 0 atom stereocenters. The molecule has 6 heteroatoms. The van der Waals surface area contributed by atoms with Crippen LogP contribution in [0.25, 0.3) is 0 Å². The Morgan fingerprint density at radius 2 is 1.89 bits per heavy atom. The van der Waals surface area contributed by atoms with Crippen LogP contribution in [-0.4, -0.2) is 17.0 Å². The molecule has 0 aliphatic heterocycles. The molecule has 0 bridgehead atoms. The highest BCUT2D eigenvalue weighted by atomic mass is 35.5. The van der Waals surface area contributed by atoms with Crippen molar-refractivity contribution < 1.29 is 0 Å². The summed E-state index contributed by atoms with van der Waals surface area (Å²) in [7, 11) is 1.91. The standard InChI is InChI=1S/C13H12Cl3N3/c1-19(7-9-4-2-3-5-11(9)15)13-10(6-14)12(16)17-8-18-13/h2-5,8H,6-7H2,1H3. The van der Waals surface area contributed by atoms with Crippen LogP contribution in [0.15, 0.2) is 30.6 Å². The zero-order valence-electron chi connectivity index (χ0n) is 10.3. The SMILES string of the molecule is CN(Cc1ccccc1Cl)c1ncnc(Cl)c1CCl. The lowest BCUT2D eigenvalue weighted by Crippen LogP contribution is -2.19. The summed E-state index contributed by atoms with van der Waals surface area (Å²) in [6, 6.07) is 7.68. The number of aromatic nitrogens is 2. The largest absolute Gasteiger partial charge is 0.355 e. The van der Waals surface area contributed by atoms with Gasteiger partial charge in [-0.25, -0.2) is 9.97 Å². The van der Waals surface area contributed by atoms with Crippen molar-refractivity contribution in [1.29, 1.82) is 0 Å². The third-order valence-corrected chi connectivity index (χ3v) is 3.69. The van der Waals surface area contributed by atoms with Crippen molar-refractivity contribution in [2.45, 2.75) is 12.4 Å². The van der Waals surface area contributed by atoms with Crippen molar-refractivity contribution in [2.24, 2.45) is 0 Å². The molecule has 0 saturated heterocycles. The Hall–Kier alpha value is -1.03. The fraction of sp³-hybridized carbons (Fsp3) is 0.231. The quantitative estimate of drug-likeness (QED) is 0.626. The second-order valence-corrected chi connectivity index (χ2v) is 5.08. The topological polar surface area (TPSA) is 29.0 Å². The van der Waals surface area contributed by atoms with Crippen LogP contribution in [0.5, 0.6) is 0 Å². The monoisotopic (exact) mass is 315 g/mol. The van der Waals surface area contributed by atoms with Gasteiger partial charge in [-0.2, -0.15) is 0 Å². The van der Waals surface area contributed by atoms with E-state index in [-0.39, 0.29) is 5.88 Å². The Morgan fingerprint density at radius 3 is 2.58 bits per heavy atom. The molecule has 1 aromatic heterocycles. The van der Waals surface area contributed by atoms with Crippen molar-refractivity contribution in [1.82, 2.24) is 9.97 Å². The molecule has 2 aromatic rings. The first-order chi connectivity index (χ1) is 9.13. The minimum absolute atomic E-state index is 0.266. The summed E-state index contributed by atoms with van der Waals surface area (Å²) in [4.78, 5) is 10.1. The highest BCUT2D eigenvalue weighted by Crippen LogP contribution is 2.26. The minimum Gasteiger partial charge on any atom is -0.355 e. The predicted molar refractivity (Wildman–Crippen MR) is 80.2 cm³/mol. The van der Waals surface area contributed by atoms with E-state index in [9.17, 15) is 0 Å². The molecular formula is C13H12Cl3N3. The van der Waals surface area contributed by atoms with E-state index >= 15 is 0 Å². The fourth-order valence-electron chi connectivity index (χ4n) is 1.78. The first kappa shape index (κ1) is 14.4. The molecule has 0 saturated carbocycles. The number of nitrogens with zero attached hydrogens (tertiary/aromatic N) is 3. The molecule has 0 aliphatic rings. The van der Waals surface area contributed by atoms with Gasteiger partial charge < -0.3 is 4.90 Å². The summed E-state index contributed by atoms with van der Waals surface area (Å²) in [6.45, 7) is 0.622. The summed E-state index contributed by atoms with van der Waals surface area (Å²) < 4.78 is 0. The Bertz CT molecular complexity index is 575. The lowest BCUT2D eigenvalue weighted by molar-refractivity contribution is 0.880. The van der Waals surface area contributed by atoms with Crippen molar-refractivity contribution in [2.75, 3.05) is 11.9 Å². The van der Waals surface area contributed by atoms with Crippen LogP contribution >= 0.6 is 34.8 Å². The molecule has 0 unspecified atom stereocenters. The molecular weight excluding hydrogens is 305 g/mol. The molecule has 2 rings (SSSR count). The maximum atomic E-state index is 6.15. The zero-order valence-corrected chi connectivity index (χ0v) is 12.5. The van der Waals surface area contributed by atoms with Gasteiger partial charge in [0.05, 0.1) is 5.88 Å². The average molecular weight is 317 g/mol. The van der Waals surface area contributed by atoms with E-state index < -0.39 is 0 Å². The molecule has 3 nitrogen and oxygen atoms in total. The molecule has 0 radical (unpaired) electrons. The van der Waals surface area contributed by atoms with E-state index in [1.54, 1.807) is 0 Å². The van der Waals surface area contributed by atoms with E-state index in [0.717, 1.165) is 22.0 Å². The first-order valence-electron chi connectivity index (χ1n) is 5.63. The van der Waals surface area contributed by atoms with Crippen molar-refractivity contribution in [3.8, 4) is 0 Å². The maximum absolute atomic E-state index is 6.15. The van der Waals surface area contributed by atoms with Gasteiger partial charge in [0.25, 0.3) is 0 Å². The fourth-order valence-corrected chi connectivity index (χ4v) is 2.49. The van der Waals surface area contributed by atoms with E-state index in [1.165, 1.54) is 6.33 Å². The van der Waals surface area contributed by atoms with Gasteiger partial charge in [0.15, 0.2) is 0 Å². The highest BCUT2D eigenvalue weighted by Gasteiger charge is 2.14.